The molecular weight excluding hydrogens is 272 g/mol. The number of likely N-dealkylation sites (tertiary alicyclic amines) is 4. The van der Waals surface area contributed by atoms with Crippen LogP contribution in [0.4, 0.5) is 0 Å². The Hall–Kier alpha value is -0.160. The van der Waals surface area contributed by atoms with E-state index in [0.29, 0.717) is 0 Å². The highest BCUT2D eigenvalue weighted by Gasteiger charge is 2.50. The number of fused-ring (bicyclic) bond motifs is 1. The third-order valence-corrected chi connectivity index (χ3v) is 6.86. The Kier molecular flexibility index (Phi) is 4.22. The van der Waals surface area contributed by atoms with Crippen LogP contribution in [0.5, 0.6) is 0 Å². The number of hydrogen-bond donors (Lipinski definition) is 0. The maximum atomic E-state index is 2.76. The maximum absolute atomic E-state index is 2.76. The summed E-state index contributed by atoms with van der Waals surface area (Å²) in [6.07, 6.45) is 2.87. The number of rotatable bonds is 5. The van der Waals surface area contributed by atoms with Gasteiger partial charge in [-0.1, -0.05) is 6.92 Å². The van der Waals surface area contributed by atoms with Crippen molar-refractivity contribution in [2.24, 2.45) is 17.8 Å². The molecule has 3 unspecified atom stereocenters. The molecule has 0 aliphatic carbocycles. The first-order valence-corrected chi connectivity index (χ1v) is 9.45. The minimum absolute atomic E-state index is 0.824. The lowest BCUT2D eigenvalue weighted by atomic mass is 9.82. The number of likely N-dealkylation sites (N-methyl/N-ethyl adjacent to an activating group) is 2. The molecule has 126 valence electrons. The second-order valence-corrected chi connectivity index (χ2v) is 8.75. The van der Waals surface area contributed by atoms with Crippen LogP contribution in [0.25, 0.3) is 0 Å². The molecule has 4 saturated heterocycles. The molecule has 0 radical (unpaired) electrons. The second-order valence-electron chi connectivity index (χ2n) is 8.75. The van der Waals surface area contributed by atoms with Gasteiger partial charge in [0.05, 0.1) is 0 Å². The topological polar surface area (TPSA) is 13.0 Å². The van der Waals surface area contributed by atoms with E-state index in [-0.39, 0.29) is 0 Å². The van der Waals surface area contributed by atoms with Crippen molar-refractivity contribution < 1.29 is 0 Å². The van der Waals surface area contributed by atoms with Crippen LogP contribution in [0.2, 0.25) is 0 Å². The van der Waals surface area contributed by atoms with Crippen LogP contribution in [-0.2, 0) is 0 Å². The average Bonchev–Trinajstić information content (AvgIpc) is 3.04. The van der Waals surface area contributed by atoms with Crippen LogP contribution in [0.1, 0.15) is 19.8 Å². The van der Waals surface area contributed by atoms with Gasteiger partial charge in [0.15, 0.2) is 0 Å². The Morgan fingerprint density at radius 2 is 1.77 bits per heavy atom. The van der Waals surface area contributed by atoms with Gasteiger partial charge in [-0.3, -0.25) is 4.90 Å². The molecule has 4 atom stereocenters. The summed E-state index contributed by atoms with van der Waals surface area (Å²) < 4.78 is 0. The van der Waals surface area contributed by atoms with Gasteiger partial charge in [0.25, 0.3) is 0 Å². The average molecular weight is 306 g/mol. The number of hydrogen-bond acceptors (Lipinski definition) is 4. The smallest absolute Gasteiger partial charge is 0.0279 e. The van der Waals surface area contributed by atoms with Gasteiger partial charge < -0.3 is 14.7 Å². The van der Waals surface area contributed by atoms with Crippen LogP contribution < -0.4 is 0 Å². The standard InChI is InChI=1S/C18H34N4/c1-14-8-21(9-14)6-4-15-5-7-22(10-15)13-18-16-11-19(2)12-17(16)20(18)3/h14-18H,4-13H2,1-3H3/t15-,16?,17?,18?/m0/s1. The SMILES string of the molecule is CC1CN(CC[C@H]2CCN(CC3C4CN(C)CC4N3C)C2)C1. The van der Waals surface area contributed by atoms with Crippen molar-refractivity contribution in [3.05, 3.63) is 0 Å². The Labute approximate surface area is 136 Å². The summed E-state index contributed by atoms with van der Waals surface area (Å²) in [5.74, 6) is 2.85. The Balaban J connectivity index is 1.19. The van der Waals surface area contributed by atoms with Crippen molar-refractivity contribution in [1.82, 2.24) is 19.6 Å². The lowest BCUT2D eigenvalue weighted by Gasteiger charge is -2.51. The molecule has 0 bridgehead atoms. The van der Waals surface area contributed by atoms with Crippen molar-refractivity contribution in [2.75, 3.05) is 66.5 Å². The first-order valence-electron chi connectivity index (χ1n) is 9.45. The first kappa shape index (κ1) is 15.4. The highest BCUT2D eigenvalue weighted by molar-refractivity contribution is 5.06. The fourth-order valence-electron chi connectivity index (χ4n) is 5.49. The summed E-state index contributed by atoms with van der Waals surface area (Å²) in [6, 6.07) is 1.67. The third kappa shape index (κ3) is 2.83. The zero-order valence-corrected chi connectivity index (χ0v) is 14.7. The molecule has 0 amide bonds. The molecule has 0 saturated carbocycles. The van der Waals surface area contributed by atoms with E-state index in [1.807, 2.05) is 0 Å². The van der Waals surface area contributed by atoms with E-state index < -0.39 is 0 Å². The summed E-state index contributed by atoms with van der Waals surface area (Å²) >= 11 is 0. The van der Waals surface area contributed by atoms with Crippen molar-refractivity contribution in [2.45, 2.75) is 31.8 Å². The van der Waals surface area contributed by atoms with Crippen LogP contribution in [0.15, 0.2) is 0 Å². The predicted molar refractivity (Wildman–Crippen MR) is 91.1 cm³/mol. The highest BCUT2D eigenvalue weighted by atomic mass is 15.4. The van der Waals surface area contributed by atoms with E-state index in [1.54, 1.807) is 0 Å². The molecule has 4 heterocycles. The minimum Gasteiger partial charge on any atom is -0.304 e. The molecule has 0 aromatic rings. The molecular formula is C18H34N4. The largest absolute Gasteiger partial charge is 0.304 e. The van der Waals surface area contributed by atoms with Gasteiger partial charge in [-0.15, -0.1) is 0 Å². The summed E-state index contributed by atoms with van der Waals surface area (Å²) in [4.78, 5) is 10.6. The molecule has 4 aliphatic heterocycles. The van der Waals surface area contributed by atoms with Crippen molar-refractivity contribution >= 4 is 0 Å². The first-order chi connectivity index (χ1) is 10.6. The molecule has 22 heavy (non-hydrogen) atoms. The van der Waals surface area contributed by atoms with E-state index in [2.05, 4.69) is 40.6 Å². The number of nitrogens with zero attached hydrogens (tertiary/aromatic N) is 4. The molecule has 4 rings (SSSR count). The summed E-state index contributed by atoms with van der Waals surface area (Å²) in [5.41, 5.74) is 0. The maximum Gasteiger partial charge on any atom is 0.0279 e. The van der Waals surface area contributed by atoms with Gasteiger partial charge in [-0.05, 0) is 51.9 Å². The second kappa shape index (κ2) is 6.04. The van der Waals surface area contributed by atoms with E-state index in [0.717, 1.165) is 29.8 Å². The fraction of sp³-hybridized carbons (Fsp3) is 1.00. The van der Waals surface area contributed by atoms with Crippen molar-refractivity contribution in [3.63, 3.8) is 0 Å². The summed E-state index contributed by atoms with van der Waals surface area (Å²) in [7, 11) is 4.63. The lowest BCUT2D eigenvalue weighted by molar-refractivity contribution is -0.0184. The quantitative estimate of drug-likeness (QED) is 0.748. The van der Waals surface area contributed by atoms with Gasteiger partial charge in [0.1, 0.15) is 0 Å². The van der Waals surface area contributed by atoms with Gasteiger partial charge in [0.2, 0.25) is 0 Å². The van der Waals surface area contributed by atoms with Gasteiger partial charge >= 0.3 is 0 Å². The summed E-state index contributed by atoms with van der Waals surface area (Å²) in [5, 5.41) is 0. The van der Waals surface area contributed by atoms with E-state index in [9.17, 15) is 0 Å². The fourth-order valence-corrected chi connectivity index (χ4v) is 5.49. The predicted octanol–water partition coefficient (Wildman–Crippen LogP) is 0.894. The van der Waals surface area contributed by atoms with Gasteiger partial charge in [0, 0.05) is 57.3 Å². The van der Waals surface area contributed by atoms with Crippen LogP contribution in [0.3, 0.4) is 0 Å². The molecule has 4 aliphatic rings. The minimum atomic E-state index is 0.824. The molecule has 0 aromatic carbocycles. The van der Waals surface area contributed by atoms with Gasteiger partial charge in [-0.25, -0.2) is 0 Å². The molecule has 4 fully saturated rings. The zero-order chi connectivity index (χ0) is 15.3. The Morgan fingerprint density at radius 1 is 0.955 bits per heavy atom. The van der Waals surface area contributed by atoms with Crippen LogP contribution in [0, 0.1) is 17.8 Å². The van der Waals surface area contributed by atoms with E-state index in [1.165, 1.54) is 65.2 Å². The van der Waals surface area contributed by atoms with Crippen molar-refractivity contribution in [1.29, 1.82) is 0 Å². The summed E-state index contributed by atoms with van der Waals surface area (Å²) in [6.45, 7) is 13.1. The Bertz CT molecular complexity index is 395. The third-order valence-electron chi connectivity index (χ3n) is 6.86. The molecule has 4 heteroatoms. The molecule has 0 N–H and O–H groups in total. The lowest BCUT2D eigenvalue weighted by Crippen LogP contribution is -2.64. The molecule has 4 nitrogen and oxygen atoms in total. The highest BCUT2D eigenvalue weighted by Crippen LogP contribution is 2.37. The Morgan fingerprint density at radius 3 is 2.55 bits per heavy atom. The normalized spacial score (nSPS) is 41.6. The molecule has 0 spiro atoms. The molecule has 0 aromatic heterocycles. The van der Waals surface area contributed by atoms with Crippen LogP contribution >= 0.6 is 0 Å². The van der Waals surface area contributed by atoms with Crippen molar-refractivity contribution in [3.8, 4) is 0 Å². The zero-order valence-electron chi connectivity index (χ0n) is 14.7. The van der Waals surface area contributed by atoms with E-state index in [4.69, 9.17) is 0 Å². The monoisotopic (exact) mass is 306 g/mol. The van der Waals surface area contributed by atoms with E-state index >= 15 is 0 Å². The van der Waals surface area contributed by atoms with Gasteiger partial charge in [-0.2, -0.15) is 0 Å². The van der Waals surface area contributed by atoms with Crippen LogP contribution in [-0.4, -0.2) is 98.1 Å².